The lowest BCUT2D eigenvalue weighted by molar-refractivity contribution is 0.294. The molecule has 0 saturated heterocycles. The fourth-order valence-electron chi connectivity index (χ4n) is 1.53. The van der Waals surface area contributed by atoms with Gasteiger partial charge in [0.25, 0.3) is 0 Å². The van der Waals surface area contributed by atoms with Crippen molar-refractivity contribution in [2.24, 2.45) is 0 Å². The molecule has 1 aromatic carbocycles. The first-order valence-corrected chi connectivity index (χ1v) is 7.19. The lowest BCUT2D eigenvalue weighted by Gasteiger charge is -2.22. The summed E-state index contributed by atoms with van der Waals surface area (Å²) in [6.45, 7) is 2.60. The Morgan fingerprint density at radius 1 is 1.35 bits per heavy atom. The average molecular weight is 251 g/mol. The van der Waals surface area contributed by atoms with Crippen LogP contribution in [0.2, 0.25) is 0 Å². The summed E-state index contributed by atoms with van der Waals surface area (Å²) in [6, 6.07) is 7.08. The minimum Gasteiger partial charge on any atom is -0.289 e. The number of hydrogen-bond donors (Lipinski definition) is 0. The summed E-state index contributed by atoms with van der Waals surface area (Å²) >= 11 is 0. The second-order valence-electron chi connectivity index (χ2n) is 4.14. The van der Waals surface area contributed by atoms with Crippen molar-refractivity contribution < 1.29 is 8.42 Å². The SMILES string of the molecule is C#CCN(C)C(C)c1ccc(S(C)(=O)=O)cc1. The molecule has 0 fully saturated rings. The molecule has 0 aliphatic heterocycles. The highest BCUT2D eigenvalue weighted by molar-refractivity contribution is 7.90. The molecule has 0 amide bonds. The highest BCUT2D eigenvalue weighted by atomic mass is 32.2. The van der Waals surface area contributed by atoms with Gasteiger partial charge in [-0.25, -0.2) is 8.42 Å². The molecule has 0 heterocycles. The van der Waals surface area contributed by atoms with Gasteiger partial charge in [0.05, 0.1) is 11.4 Å². The van der Waals surface area contributed by atoms with Crippen molar-refractivity contribution in [3.63, 3.8) is 0 Å². The van der Waals surface area contributed by atoms with Crippen molar-refractivity contribution >= 4 is 9.84 Å². The van der Waals surface area contributed by atoms with Crippen molar-refractivity contribution in [1.29, 1.82) is 0 Å². The molecule has 0 spiro atoms. The van der Waals surface area contributed by atoms with Crippen LogP contribution in [0.15, 0.2) is 29.2 Å². The minimum absolute atomic E-state index is 0.166. The Labute approximate surface area is 103 Å². The van der Waals surface area contributed by atoms with Gasteiger partial charge in [0.15, 0.2) is 9.84 Å². The van der Waals surface area contributed by atoms with Gasteiger partial charge in [-0.05, 0) is 31.7 Å². The molecule has 0 N–H and O–H groups in total. The van der Waals surface area contributed by atoms with Gasteiger partial charge in [-0.2, -0.15) is 0 Å². The maximum Gasteiger partial charge on any atom is 0.175 e. The van der Waals surface area contributed by atoms with Gasteiger partial charge < -0.3 is 0 Å². The Kier molecular flexibility index (Phi) is 4.33. The van der Waals surface area contributed by atoms with Gasteiger partial charge in [0, 0.05) is 12.3 Å². The Hall–Kier alpha value is -1.31. The molecule has 3 nitrogen and oxygen atoms in total. The van der Waals surface area contributed by atoms with Crippen molar-refractivity contribution in [2.45, 2.75) is 17.9 Å². The second kappa shape index (κ2) is 5.35. The normalized spacial score (nSPS) is 13.4. The van der Waals surface area contributed by atoms with E-state index in [9.17, 15) is 8.42 Å². The zero-order chi connectivity index (χ0) is 13.1. The summed E-state index contributed by atoms with van der Waals surface area (Å²) in [7, 11) is -1.18. The fourth-order valence-corrected chi connectivity index (χ4v) is 2.16. The van der Waals surface area contributed by atoms with Gasteiger partial charge >= 0.3 is 0 Å². The van der Waals surface area contributed by atoms with Crippen LogP contribution in [0.3, 0.4) is 0 Å². The van der Waals surface area contributed by atoms with E-state index in [-0.39, 0.29) is 6.04 Å². The van der Waals surface area contributed by atoms with E-state index in [4.69, 9.17) is 6.42 Å². The van der Waals surface area contributed by atoms with Crippen LogP contribution in [0.5, 0.6) is 0 Å². The number of terminal acetylenes is 1. The maximum absolute atomic E-state index is 11.3. The van der Waals surface area contributed by atoms with Gasteiger partial charge in [-0.15, -0.1) is 6.42 Å². The third kappa shape index (κ3) is 3.58. The Balaban J connectivity index is 2.92. The number of rotatable bonds is 4. The van der Waals surface area contributed by atoms with Crippen LogP contribution in [-0.2, 0) is 9.84 Å². The van der Waals surface area contributed by atoms with E-state index >= 15 is 0 Å². The van der Waals surface area contributed by atoms with E-state index in [0.29, 0.717) is 11.4 Å². The lowest BCUT2D eigenvalue weighted by Crippen LogP contribution is -2.22. The van der Waals surface area contributed by atoms with Gasteiger partial charge in [0.2, 0.25) is 0 Å². The summed E-state index contributed by atoms with van der Waals surface area (Å²) in [5.74, 6) is 2.58. The third-order valence-corrected chi connectivity index (χ3v) is 3.92. The highest BCUT2D eigenvalue weighted by Gasteiger charge is 2.12. The number of sulfone groups is 1. The molecule has 0 radical (unpaired) electrons. The molecule has 4 heteroatoms. The molecule has 1 atom stereocenters. The van der Waals surface area contributed by atoms with Crippen molar-refractivity contribution in [3.8, 4) is 12.3 Å². The van der Waals surface area contributed by atoms with E-state index in [1.54, 1.807) is 12.1 Å². The minimum atomic E-state index is -3.12. The van der Waals surface area contributed by atoms with Crippen LogP contribution in [0.4, 0.5) is 0 Å². The van der Waals surface area contributed by atoms with Gasteiger partial charge in [-0.1, -0.05) is 18.1 Å². The summed E-state index contributed by atoms with van der Waals surface area (Å²) in [5, 5.41) is 0. The molecule has 1 unspecified atom stereocenters. The monoisotopic (exact) mass is 251 g/mol. The average Bonchev–Trinajstić information content (AvgIpc) is 2.27. The van der Waals surface area contributed by atoms with Crippen LogP contribution < -0.4 is 0 Å². The number of benzene rings is 1. The quantitative estimate of drug-likeness (QED) is 0.765. The van der Waals surface area contributed by atoms with Crippen molar-refractivity contribution in [1.82, 2.24) is 4.90 Å². The smallest absolute Gasteiger partial charge is 0.175 e. The topological polar surface area (TPSA) is 37.4 Å². The molecule has 0 bridgehead atoms. The third-order valence-electron chi connectivity index (χ3n) is 2.79. The standard InChI is InChI=1S/C13H17NO2S/c1-5-10-14(3)11(2)12-6-8-13(9-7-12)17(4,15)16/h1,6-9,11H,10H2,2-4H3. The van der Waals surface area contributed by atoms with Gasteiger partial charge in [-0.3, -0.25) is 4.90 Å². The molecule has 0 aliphatic carbocycles. The number of hydrogen-bond acceptors (Lipinski definition) is 3. The molecular formula is C13H17NO2S. The van der Waals surface area contributed by atoms with E-state index in [1.807, 2.05) is 31.0 Å². The lowest BCUT2D eigenvalue weighted by atomic mass is 10.1. The first kappa shape index (κ1) is 13.8. The first-order valence-electron chi connectivity index (χ1n) is 5.30. The van der Waals surface area contributed by atoms with Crippen LogP contribution in [0.1, 0.15) is 18.5 Å². The molecule has 1 rings (SSSR count). The zero-order valence-electron chi connectivity index (χ0n) is 10.3. The van der Waals surface area contributed by atoms with Crippen LogP contribution in [-0.4, -0.2) is 33.2 Å². The summed E-state index contributed by atoms with van der Waals surface area (Å²) in [5.41, 5.74) is 1.05. The van der Waals surface area contributed by atoms with Crippen LogP contribution in [0, 0.1) is 12.3 Å². The van der Waals surface area contributed by atoms with E-state index in [1.165, 1.54) is 6.26 Å². The summed E-state index contributed by atoms with van der Waals surface area (Å²) in [6.07, 6.45) is 6.46. The second-order valence-corrected chi connectivity index (χ2v) is 6.15. The maximum atomic E-state index is 11.3. The highest BCUT2D eigenvalue weighted by Crippen LogP contribution is 2.20. The molecular weight excluding hydrogens is 234 g/mol. The predicted octanol–water partition coefficient (Wildman–Crippen LogP) is 1.72. The van der Waals surface area contributed by atoms with E-state index in [2.05, 4.69) is 5.92 Å². The fraction of sp³-hybridized carbons (Fsp3) is 0.385. The zero-order valence-corrected chi connectivity index (χ0v) is 11.2. The number of nitrogens with zero attached hydrogens (tertiary/aromatic N) is 1. The molecule has 0 aromatic heterocycles. The van der Waals surface area contributed by atoms with E-state index < -0.39 is 9.84 Å². The predicted molar refractivity (Wildman–Crippen MR) is 69.4 cm³/mol. The largest absolute Gasteiger partial charge is 0.289 e. The van der Waals surface area contributed by atoms with Crippen LogP contribution in [0.25, 0.3) is 0 Å². The Morgan fingerprint density at radius 2 is 1.88 bits per heavy atom. The molecule has 1 aromatic rings. The molecule has 92 valence electrons. The summed E-state index contributed by atoms with van der Waals surface area (Å²) in [4.78, 5) is 2.36. The Morgan fingerprint density at radius 3 is 2.29 bits per heavy atom. The Bertz CT molecular complexity index is 511. The van der Waals surface area contributed by atoms with Crippen LogP contribution >= 0.6 is 0 Å². The first-order chi connectivity index (χ1) is 7.86. The molecule has 0 saturated carbocycles. The molecule has 0 aliphatic rings. The molecule has 17 heavy (non-hydrogen) atoms. The van der Waals surface area contributed by atoms with Gasteiger partial charge in [0.1, 0.15) is 0 Å². The van der Waals surface area contributed by atoms with Crippen molar-refractivity contribution in [3.05, 3.63) is 29.8 Å². The summed E-state index contributed by atoms with van der Waals surface area (Å²) < 4.78 is 22.6. The van der Waals surface area contributed by atoms with E-state index in [0.717, 1.165) is 5.56 Å². The van der Waals surface area contributed by atoms with Crippen molar-refractivity contribution in [2.75, 3.05) is 19.8 Å².